The van der Waals surface area contributed by atoms with Gasteiger partial charge in [0, 0.05) is 7.11 Å². The van der Waals surface area contributed by atoms with Crippen LogP contribution in [0.3, 0.4) is 0 Å². The van der Waals surface area contributed by atoms with E-state index >= 15 is 0 Å². The molecule has 1 N–H and O–H groups in total. The van der Waals surface area contributed by atoms with E-state index in [1.807, 2.05) is 13.2 Å². The number of allylic oxidation sites excluding steroid dienone is 3. The molecule has 0 aromatic rings. The number of hydrogen-bond acceptors (Lipinski definition) is 4. The van der Waals surface area contributed by atoms with Crippen LogP contribution in [0.2, 0.25) is 0 Å². The molecule has 1 saturated heterocycles. The van der Waals surface area contributed by atoms with Crippen LogP contribution in [-0.2, 0) is 14.3 Å². The van der Waals surface area contributed by atoms with Crippen molar-refractivity contribution in [3.8, 4) is 0 Å². The molecule has 1 unspecified atom stereocenters. The van der Waals surface area contributed by atoms with E-state index in [0.717, 1.165) is 25.7 Å². The number of methoxy groups -OCH3 is 1. The Labute approximate surface area is 144 Å². The fourth-order valence-electron chi connectivity index (χ4n) is 5.37. The van der Waals surface area contributed by atoms with Crippen molar-refractivity contribution in [3.63, 3.8) is 0 Å². The Bertz CT molecular complexity index is 564. The Morgan fingerprint density at radius 2 is 2.25 bits per heavy atom. The third-order valence-corrected chi connectivity index (χ3v) is 6.92. The highest BCUT2D eigenvalue weighted by atomic mass is 16.6. The van der Waals surface area contributed by atoms with E-state index in [2.05, 4.69) is 26.8 Å². The summed E-state index contributed by atoms with van der Waals surface area (Å²) in [5.41, 5.74) is 2.07. The molecule has 1 aliphatic heterocycles. The van der Waals surface area contributed by atoms with Crippen LogP contribution in [-0.4, -0.2) is 37.0 Å². The molecule has 0 radical (unpaired) electrons. The molecular weight excluding hydrogens is 304 g/mol. The average Bonchev–Trinajstić information content (AvgIpc) is 2.86. The van der Waals surface area contributed by atoms with Crippen LogP contribution in [0.4, 0.5) is 0 Å². The van der Waals surface area contributed by atoms with Crippen LogP contribution in [0.5, 0.6) is 0 Å². The van der Waals surface area contributed by atoms with Gasteiger partial charge in [0.2, 0.25) is 0 Å². The molecule has 0 aromatic heterocycles. The fraction of sp³-hybridized carbons (Fsp3) is 0.750. The van der Waals surface area contributed by atoms with E-state index in [0.29, 0.717) is 29.4 Å². The Morgan fingerprint density at radius 3 is 2.88 bits per heavy atom. The van der Waals surface area contributed by atoms with Crippen molar-refractivity contribution in [2.75, 3.05) is 13.7 Å². The minimum atomic E-state index is -0.767. The number of carbonyl (C=O) groups excluding carboxylic acids is 1. The second-order valence-electron chi connectivity index (χ2n) is 8.03. The smallest absolute Gasteiger partial charge is 0.336 e. The van der Waals surface area contributed by atoms with E-state index in [4.69, 9.17) is 9.47 Å². The molecule has 3 aliphatic rings. The van der Waals surface area contributed by atoms with E-state index in [1.165, 1.54) is 5.57 Å². The van der Waals surface area contributed by atoms with E-state index in [-0.39, 0.29) is 18.0 Å². The molecule has 3 rings (SSSR count). The Hall–Kier alpha value is -1.13. The normalized spacial score (nSPS) is 44.2. The topological polar surface area (TPSA) is 55.8 Å². The molecule has 0 bridgehead atoms. The number of cyclic esters (lactones) is 1. The van der Waals surface area contributed by atoms with Gasteiger partial charge in [0.15, 0.2) is 0 Å². The SMILES string of the molecule is COC1CC[C@@]2(C)[C@H](C/C=C3/C(=O)OC[C@H]3O)C(C)=CC[C@@H]2[C@H]1C. The summed E-state index contributed by atoms with van der Waals surface area (Å²) in [6.07, 6.45) is 8.01. The minimum Gasteiger partial charge on any atom is -0.459 e. The maximum Gasteiger partial charge on any atom is 0.336 e. The van der Waals surface area contributed by atoms with Gasteiger partial charge in [-0.3, -0.25) is 0 Å². The summed E-state index contributed by atoms with van der Waals surface area (Å²) in [5.74, 6) is 1.18. The molecule has 1 heterocycles. The zero-order chi connectivity index (χ0) is 17.5. The molecule has 4 heteroatoms. The molecular formula is C20H30O4. The van der Waals surface area contributed by atoms with Gasteiger partial charge in [-0.1, -0.05) is 31.6 Å². The molecule has 0 amide bonds. The minimum absolute atomic E-state index is 0.0938. The van der Waals surface area contributed by atoms with Crippen molar-refractivity contribution in [1.82, 2.24) is 0 Å². The Kier molecular flexibility index (Phi) is 4.89. The standard InChI is InChI=1S/C20H30O4/c1-12-5-7-16-13(2)18(23-4)9-10-20(16,3)15(12)8-6-14-17(21)11-24-19(14)22/h5-6,13,15-18,21H,7-11H2,1-4H3/b14-6+/t13-,15-,16-,17-,18?,20+/m1/s1. The van der Waals surface area contributed by atoms with Crippen LogP contribution in [0.25, 0.3) is 0 Å². The van der Waals surface area contributed by atoms with Crippen molar-refractivity contribution in [1.29, 1.82) is 0 Å². The summed E-state index contributed by atoms with van der Waals surface area (Å²) < 4.78 is 10.6. The van der Waals surface area contributed by atoms with E-state index < -0.39 is 6.10 Å². The first kappa shape index (κ1) is 17.7. The lowest BCUT2D eigenvalue weighted by atomic mass is 9.52. The first-order valence-corrected chi connectivity index (χ1v) is 9.13. The van der Waals surface area contributed by atoms with Crippen LogP contribution >= 0.6 is 0 Å². The third-order valence-electron chi connectivity index (χ3n) is 6.92. The van der Waals surface area contributed by atoms with E-state index in [9.17, 15) is 9.90 Å². The Morgan fingerprint density at radius 1 is 1.50 bits per heavy atom. The van der Waals surface area contributed by atoms with Gasteiger partial charge in [0.1, 0.15) is 12.7 Å². The zero-order valence-electron chi connectivity index (χ0n) is 15.2. The van der Waals surface area contributed by atoms with Crippen LogP contribution in [0.15, 0.2) is 23.3 Å². The monoisotopic (exact) mass is 334 g/mol. The third kappa shape index (κ3) is 2.84. The van der Waals surface area contributed by atoms with Crippen molar-refractivity contribution in [3.05, 3.63) is 23.3 Å². The summed E-state index contributed by atoms with van der Waals surface area (Å²) in [4.78, 5) is 11.8. The molecule has 2 fully saturated rings. The fourth-order valence-corrected chi connectivity index (χ4v) is 5.37. The van der Waals surface area contributed by atoms with Gasteiger partial charge in [-0.25, -0.2) is 4.79 Å². The molecule has 4 nitrogen and oxygen atoms in total. The second-order valence-corrected chi connectivity index (χ2v) is 8.03. The highest BCUT2D eigenvalue weighted by Gasteiger charge is 2.50. The molecule has 24 heavy (non-hydrogen) atoms. The summed E-state index contributed by atoms with van der Waals surface area (Å²) in [5, 5.41) is 9.91. The van der Waals surface area contributed by atoms with Crippen molar-refractivity contribution in [2.24, 2.45) is 23.2 Å². The molecule has 134 valence electrons. The molecule has 0 aromatic carbocycles. The van der Waals surface area contributed by atoms with Crippen LogP contribution in [0, 0.1) is 23.2 Å². The lowest BCUT2D eigenvalue weighted by Crippen LogP contribution is -2.49. The maximum atomic E-state index is 11.8. The van der Waals surface area contributed by atoms with Gasteiger partial charge in [0.25, 0.3) is 0 Å². The highest BCUT2D eigenvalue weighted by Crippen LogP contribution is 2.56. The van der Waals surface area contributed by atoms with Crippen LogP contribution < -0.4 is 0 Å². The first-order valence-electron chi connectivity index (χ1n) is 9.13. The van der Waals surface area contributed by atoms with E-state index in [1.54, 1.807) is 0 Å². The van der Waals surface area contributed by atoms with Gasteiger partial charge >= 0.3 is 5.97 Å². The number of esters is 1. The summed E-state index contributed by atoms with van der Waals surface area (Å²) in [6.45, 7) is 7.03. The Balaban J connectivity index is 1.84. The van der Waals surface area contributed by atoms with Crippen molar-refractivity contribution < 1.29 is 19.4 Å². The number of aliphatic hydroxyl groups is 1. The van der Waals surface area contributed by atoms with Crippen molar-refractivity contribution in [2.45, 2.75) is 58.7 Å². The number of carbonyl (C=O) groups is 1. The predicted molar refractivity (Wildman–Crippen MR) is 92.3 cm³/mol. The van der Waals surface area contributed by atoms with Gasteiger partial charge in [-0.2, -0.15) is 0 Å². The number of aliphatic hydroxyl groups excluding tert-OH is 1. The van der Waals surface area contributed by atoms with Crippen molar-refractivity contribution >= 4 is 5.97 Å². The quantitative estimate of drug-likeness (QED) is 0.489. The van der Waals surface area contributed by atoms with Gasteiger partial charge in [-0.05, 0) is 55.8 Å². The lowest BCUT2D eigenvalue weighted by molar-refractivity contribution is -0.135. The first-order chi connectivity index (χ1) is 11.4. The number of ether oxygens (including phenoxy) is 2. The number of hydrogen-bond donors (Lipinski definition) is 1. The largest absolute Gasteiger partial charge is 0.459 e. The summed E-state index contributed by atoms with van der Waals surface area (Å²) in [7, 11) is 1.82. The zero-order valence-corrected chi connectivity index (χ0v) is 15.2. The van der Waals surface area contributed by atoms with Gasteiger partial charge in [0.05, 0.1) is 11.7 Å². The maximum absolute atomic E-state index is 11.8. The average molecular weight is 334 g/mol. The number of fused-ring (bicyclic) bond motifs is 1. The molecule has 6 atom stereocenters. The van der Waals surface area contributed by atoms with Crippen LogP contribution in [0.1, 0.15) is 46.5 Å². The predicted octanol–water partition coefficient (Wildman–Crippen LogP) is 3.25. The summed E-state index contributed by atoms with van der Waals surface area (Å²) in [6, 6.07) is 0. The van der Waals surface area contributed by atoms with Gasteiger partial charge < -0.3 is 14.6 Å². The lowest BCUT2D eigenvalue weighted by Gasteiger charge is -2.54. The summed E-state index contributed by atoms with van der Waals surface area (Å²) >= 11 is 0. The number of rotatable bonds is 3. The molecule has 2 aliphatic carbocycles. The second kappa shape index (κ2) is 6.64. The molecule has 0 spiro atoms. The highest BCUT2D eigenvalue weighted by molar-refractivity contribution is 5.91. The molecule has 1 saturated carbocycles. The van der Waals surface area contributed by atoms with Gasteiger partial charge in [-0.15, -0.1) is 0 Å².